The molecule has 31 heavy (non-hydrogen) atoms. The highest BCUT2D eigenvalue weighted by Crippen LogP contribution is 2.21. The van der Waals surface area contributed by atoms with Gasteiger partial charge in [-0.1, -0.05) is 18.2 Å². The van der Waals surface area contributed by atoms with Crippen molar-refractivity contribution in [1.82, 2.24) is 9.88 Å². The summed E-state index contributed by atoms with van der Waals surface area (Å²) in [7, 11) is -3.55. The maximum Gasteiger partial charge on any atom is 0.289 e. The van der Waals surface area contributed by atoms with Crippen LogP contribution in [0.25, 0.3) is 0 Å². The molecule has 0 saturated carbocycles. The van der Waals surface area contributed by atoms with E-state index in [9.17, 15) is 18.5 Å². The molecule has 8 nitrogen and oxygen atoms in total. The Morgan fingerprint density at radius 3 is 2.48 bits per heavy atom. The van der Waals surface area contributed by atoms with Gasteiger partial charge in [-0.05, 0) is 36.4 Å². The predicted octanol–water partition coefficient (Wildman–Crippen LogP) is 2.48. The van der Waals surface area contributed by atoms with Gasteiger partial charge in [0.25, 0.3) is 5.91 Å². The van der Waals surface area contributed by atoms with Gasteiger partial charge in [0.15, 0.2) is 15.6 Å². The van der Waals surface area contributed by atoms with Crippen LogP contribution in [-0.2, 0) is 15.6 Å². The minimum Gasteiger partial charge on any atom is -0.455 e. The van der Waals surface area contributed by atoms with E-state index < -0.39 is 9.84 Å². The number of hydrogen-bond acceptors (Lipinski definition) is 7. The molecule has 1 fully saturated rings. The average molecular weight is 436 g/mol. The zero-order chi connectivity index (χ0) is 21.8. The Morgan fingerprint density at radius 2 is 1.77 bits per heavy atom. The molecule has 1 aromatic carbocycles. The number of nitriles is 1. The summed E-state index contributed by atoms with van der Waals surface area (Å²) in [4.78, 5) is 20.9. The van der Waals surface area contributed by atoms with Crippen molar-refractivity contribution in [3.63, 3.8) is 0 Å². The van der Waals surface area contributed by atoms with Crippen molar-refractivity contribution in [3.05, 3.63) is 77.9 Å². The molecule has 4 rings (SSSR count). The van der Waals surface area contributed by atoms with E-state index in [1.54, 1.807) is 41.4 Å². The summed E-state index contributed by atoms with van der Waals surface area (Å²) in [5, 5.41) is 9.26. The van der Waals surface area contributed by atoms with E-state index in [2.05, 4.69) is 11.1 Å². The molecular weight excluding hydrogens is 416 g/mol. The number of anilines is 1. The maximum absolute atomic E-state index is 12.8. The summed E-state index contributed by atoms with van der Waals surface area (Å²) in [6.45, 7) is 1.96. The predicted molar refractivity (Wildman–Crippen MR) is 113 cm³/mol. The molecule has 3 heterocycles. The molecule has 0 N–H and O–H groups in total. The summed E-state index contributed by atoms with van der Waals surface area (Å²) in [6, 6.07) is 16.7. The highest BCUT2D eigenvalue weighted by atomic mass is 32.2. The topological polar surface area (TPSA) is 108 Å². The molecule has 0 radical (unpaired) electrons. The lowest BCUT2D eigenvalue weighted by Crippen LogP contribution is -2.49. The van der Waals surface area contributed by atoms with Crippen LogP contribution in [0.1, 0.15) is 21.9 Å². The Morgan fingerprint density at radius 1 is 1.03 bits per heavy atom. The van der Waals surface area contributed by atoms with E-state index in [1.807, 2.05) is 4.90 Å². The Balaban J connectivity index is 1.40. The largest absolute Gasteiger partial charge is 0.455 e. The molecule has 0 unspecified atom stereocenters. The van der Waals surface area contributed by atoms with Crippen molar-refractivity contribution in [1.29, 1.82) is 5.26 Å². The number of carbonyl (C=O) groups excluding carboxylic acids is 1. The van der Waals surface area contributed by atoms with Gasteiger partial charge < -0.3 is 14.2 Å². The van der Waals surface area contributed by atoms with Crippen LogP contribution in [0.4, 0.5) is 5.82 Å². The van der Waals surface area contributed by atoms with Crippen molar-refractivity contribution in [2.75, 3.05) is 31.1 Å². The number of nitrogens with zero attached hydrogens (tertiary/aromatic N) is 4. The Kier molecular flexibility index (Phi) is 5.73. The van der Waals surface area contributed by atoms with Crippen LogP contribution in [0, 0.1) is 11.3 Å². The van der Waals surface area contributed by atoms with Crippen LogP contribution in [0.3, 0.4) is 0 Å². The first-order valence-corrected chi connectivity index (χ1v) is 11.4. The quantitative estimate of drug-likeness (QED) is 0.605. The van der Waals surface area contributed by atoms with Crippen molar-refractivity contribution < 1.29 is 17.6 Å². The number of benzene rings is 1. The third-order valence-corrected chi connectivity index (χ3v) is 6.74. The van der Waals surface area contributed by atoms with E-state index in [0.29, 0.717) is 37.6 Å². The van der Waals surface area contributed by atoms with E-state index in [0.717, 1.165) is 0 Å². The second-order valence-corrected chi connectivity index (χ2v) is 9.09. The third-order valence-electron chi connectivity index (χ3n) is 5.08. The SMILES string of the molecule is N#Cc1cccnc1N1CCN(C(=O)c2ccc(CS(=O)(=O)c3ccccc3)o2)CC1. The standard InChI is InChI=1S/C22H20N4O4S/c23-15-17-5-4-10-24-21(17)25-11-13-26(14-12-25)22(27)20-9-8-18(30-20)16-31(28,29)19-6-2-1-3-7-19/h1-10H,11-14,16H2. The van der Waals surface area contributed by atoms with Crippen LogP contribution >= 0.6 is 0 Å². The van der Waals surface area contributed by atoms with Crippen molar-refractivity contribution in [2.45, 2.75) is 10.6 Å². The Bertz CT molecular complexity index is 1220. The highest BCUT2D eigenvalue weighted by molar-refractivity contribution is 7.90. The molecule has 9 heteroatoms. The molecule has 0 bridgehead atoms. The third kappa shape index (κ3) is 4.44. The minimum absolute atomic E-state index is 0.113. The van der Waals surface area contributed by atoms with Crippen molar-refractivity contribution in [3.8, 4) is 6.07 Å². The molecule has 0 aliphatic carbocycles. The van der Waals surface area contributed by atoms with Crippen molar-refractivity contribution in [2.24, 2.45) is 0 Å². The number of piperazine rings is 1. The van der Waals surface area contributed by atoms with E-state index >= 15 is 0 Å². The van der Waals surface area contributed by atoms with Gasteiger partial charge in [0.1, 0.15) is 23.4 Å². The fourth-order valence-corrected chi connectivity index (χ4v) is 4.75. The number of carbonyl (C=O) groups is 1. The molecule has 1 aliphatic heterocycles. The summed E-state index contributed by atoms with van der Waals surface area (Å²) in [6.07, 6.45) is 1.64. The summed E-state index contributed by atoms with van der Waals surface area (Å²) < 4.78 is 30.6. The maximum atomic E-state index is 12.8. The van der Waals surface area contributed by atoms with Gasteiger partial charge in [-0.2, -0.15) is 5.26 Å². The fraction of sp³-hybridized carbons (Fsp3) is 0.227. The average Bonchev–Trinajstić information content (AvgIpc) is 3.27. The normalized spacial score (nSPS) is 14.3. The first kappa shape index (κ1) is 20.6. The van der Waals surface area contributed by atoms with E-state index in [1.165, 1.54) is 24.3 Å². The molecule has 158 valence electrons. The molecule has 0 spiro atoms. The second-order valence-electron chi connectivity index (χ2n) is 7.10. The van der Waals surface area contributed by atoms with Crippen LogP contribution in [-0.4, -0.2) is 50.4 Å². The smallest absolute Gasteiger partial charge is 0.289 e. The van der Waals surface area contributed by atoms with Crippen LogP contribution < -0.4 is 4.90 Å². The number of pyridine rings is 1. The van der Waals surface area contributed by atoms with E-state index in [-0.39, 0.29) is 28.1 Å². The van der Waals surface area contributed by atoms with E-state index in [4.69, 9.17) is 4.42 Å². The Hall–Kier alpha value is -3.64. The first-order valence-electron chi connectivity index (χ1n) is 9.74. The summed E-state index contributed by atoms with van der Waals surface area (Å²) >= 11 is 0. The number of hydrogen-bond donors (Lipinski definition) is 0. The van der Waals surface area contributed by atoms with Gasteiger partial charge in [0.2, 0.25) is 0 Å². The molecule has 1 amide bonds. The molecular formula is C22H20N4O4S. The number of rotatable bonds is 5. The molecule has 1 aliphatic rings. The van der Waals surface area contributed by atoms with Gasteiger partial charge >= 0.3 is 0 Å². The minimum atomic E-state index is -3.55. The molecule has 2 aromatic heterocycles. The van der Waals surface area contributed by atoms with Gasteiger partial charge in [0, 0.05) is 32.4 Å². The molecule has 0 atom stereocenters. The van der Waals surface area contributed by atoms with Gasteiger partial charge in [-0.25, -0.2) is 13.4 Å². The number of aromatic nitrogens is 1. The Labute approximate surface area is 180 Å². The lowest BCUT2D eigenvalue weighted by molar-refractivity contribution is 0.0713. The summed E-state index contributed by atoms with van der Waals surface area (Å²) in [5.41, 5.74) is 0.498. The number of furan rings is 1. The number of amides is 1. The van der Waals surface area contributed by atoms with Gasteiger partial charge in [0.05, 0.1) is 10.5 Å². The molecule has 1 saturated heterocycles. The number of sulfone groups is 1. The van der Waals surface area contributed by atoms with Crippen LogP contribution in [0.2, 0.25) is 0 Å². The lowest BCUT2D eigenvalue weighted by Gasteiger charge is -2.35. The van der Waals surface area contributed by atoms with Gasteiger partial charge in [-0.15, -0.1) is 0 Å². The van der Waals surface area contributed by atoms with Crippen molar-refractivity contribution >= 4 is 21.6 Å². The summed E-state index contributed by atoms with van der Waals surface area (Å²) in [5.74, 6) is 0.350. The van der Waals surface area contributed by atoms with Crippen LogP contribution in [0.15, 0.2) is 70.1 Å². The monoisotopic (exact) mass is 436 g/mol. The molecule has 3 aromatic rings. The van der Waals surface area contributed by atoms with Gasteiger partial charge in [-0.3, -0.25) is 4.79 Å². The first-order chi connectivity index (χ1) is 15.0. The second kappa shape index (κ2) is 8.62. The fourth-order valence-electron chi connectivity index (χ4n) is 3.48. The highest BCUT2D eigenvalue weighted by Gasteiger charge is 2.26. The van der Waals surface area contributed by atoms with Crippen LogP contribution in [0.5, 0.6) is 0 Å². The zero-order valence-corrected chi connectivity index (χ0v) is 17.5. The zero-order valence-electron chi connectivity index (χ0n) is 16.6. The lowest BCUT2D eigenvalue weighted by atomic mass is 10.2.